The van der Waals surface area contributed by atoms with Crippen LogP contribution in [-0.4, -0.2) is 17.0 Å². The van der Waals surface area contributed by atoms with Crippen LogP contribution in [0.15, 0.2) is 30.6 Å². The Labute approximate surface area is 111 Å². The van der Waals surface area contributed by atoms with Gasteiger partial charge in [-0.15, -0.1) is 0 Å². The lowest BCUT2D eigenvalue weighted by molar-refractivity contribution is 0.455. The fourth-order valence-electron chi connectivity index (χ4n) is 1.53. The molecule has 2 heterocycles. The lowest BCUT2D eigenvalue weighted by Gasteiger charge is -2.09. The van der Waals surface area contributed by atoms with Crippen molar-refractivity contribution in [2.75, 3.05) is 7.05 Å². The average Bonchev–Trinajstić information content (AvgIpc) is 2.36. The second-order valence-corrected chi connectivity index (χ2v) is 4.24. The molecule has 0 radical (unpaired) electrons. The van der Waals surface area contributed by atoms with Crippen molar-refractivity contribution < 1.29 is 4.74 Å². The molecule has 0 aliphatic heterocycles. The Morgan fingerprint density at radius 3 is 2.94 bits per heavy atom. The van der Waals surface area contributed by atoms with Gasteiger partial charge in [-0.2, -0.15) is 0 Å². The first-order valence-corrected chi connectivity index (χ1v) is 5.97. The summed E-state index contributed by atoms with van der Waals surface area (Å²) in [6.45, 7) is 2.56. The Bertz CT molecular complexity index is 546. The third-order valence-corrected chi connectivity index (χ3v) is 2.79. The zero-order valence-corrected chi connectivity index (χ0v) is 11.0. The van der Waals surface area contributed by atoms with Crippen molar-refractivity contribution in [2.24, 2.45) is 0 Å². The van der Waals surface area contributed by atoms with E-state index >= 15 is 0 Å². The van der Waals surface area contributed by atoms with Crippen molar-refractivity contribution in [3.63, 3.8) is 0 Å². The third-order valence-electron chi connectivity index (χ3n) is 2.45. The van der Waals surface area contributed by atoms with Gasteiger partial charge in [-0.05, 0) is 31.7 Å². The summed E-state index contributed by atoms with van der Waals surface area (Å²) in [4.78, 5) is 8.31. The molecule has 0 fully saturated rings. The summed E-state index contributed by atoms with van der Waals surface area (Å²) in [5.41, 5.74) is 1.77. The van der Waals surface area contributed by atoms with Crippen LogP contribution in [0.25, 0.3) is 0 Å². The molecular weight excluding hydrogens is 250 g/mol. The molecule has 5 heteroatoms. The maximum Gasteiger partial charge on any atom is 0.219 e. The Morgan fingerprint density at radius 1 is 1.39 bits per heavy atom. The van der Waals surface area contributed by atoms with Gasteiger partial charge in [0, 0.05) is 25.0 Å². The predicted octanol–water partition coefficient (Wildman–Crippen LogP) is 2.95. The number of halogens is 1. The van der Waals surface area contributed by atoms with Gasteiger partial charge in [-0.25, -0.2) is 4.98 Å². The van der Waals surface area contributed by atoms with E-state index in [9.17, 15) is 0 Å². The summed E-state index contributed by atoms with van der Waals surface area (Å²) < 4.78 is 5.69. The maximum absolute atomic E-state index is 6.04. The largest absolute Gasteiger partial charge is 0.437 e. The van der Waals surface area contributed by atoms with Gasteiger partial charge in [-0.3, -0.25) is 4.98 Å². The molecule has 0 atom stereocenters. The minimum Gasteiger partial charge on any atom is -0.437 e. The molecule has 0 aromatic carbocycles. The number of nitrogens with one attached hydrogen (secondary N) is 1. The van der Waals surface area contributed by atoms with E-state index in [0.717, 1.165) is 11.3 Å². The van der Waals surface area contributed by atoms with Gasteiger partial charge in [0.15, 0.2) is 5.75 Å². The topological polar surface area (TPSA) is 47.0 Å². The minimum absolute atomic E-state index is 0.515. The summed E-state index contributed by atoms with van der Waals surface area (Å²) in [5.74, 6) is 1.21. The van der Waals surface area contributed by atoms with Crippen LogP contribution in [0.3, 0.4) is 0 Å². The fourth-order valence-corrected chi connectivity index (χ4v) is 1.70. The van der Waals surface area contributed by atoms with Gasteiger partial charge in [0.2, 0.25) is 5.88 Å². The van der Waals surface area contributed by atoms with E-state index in [1.54, 1.807) is 12.4 Å². The first kappa shape index (κ1) is 12.8. The Hall–Kier alpha value is -1.65. The number of aromatic nitrogens is 2. The van der Waals surface area contributed by atoms with Crippen molar-refractivity contribution in [3.8, 4) is 11.6 Å². The number of ether oxygens (including phenoxy) is 1. The second-order valence-electron chi connectivity index (χ2n) is 3.83. The molecule has 0 saturated carbocycles. The van der Waals surface area contributed by atoms with E-state index in [1.807, 2.05) is 32.2 Å². The molecule has 0 unspecified atom stereocenters. The molecule has 0 aliphatic rings. The van der Waals surface area contributed by atoms with Gasteiger partial charge < -0.3 is 10.1 Å². The number of hydrogen-bond donors (Lipinski definition) is 1. The van der Waals surface area contributed by atoms with Crippen LogP contribution in [0.1, 0.15) is 11.3 Å². The summed E-state index contributed by atoms with van der Waals surface area (Å²) in [6.07, 6.45) is 3.32. The SMILES string of the molecule is CNCc1cc(Oc2cccnc2C)ncc1Cl. The van der Waals surface area contributed by atoms with E-state index in [4.69, 9.17) is 16.3 Å². The first-order chi connectivity index (χ1) is 8.70. The van der Waals surface area contributed by atoms with Crippen molar-refractivity contribution in [2.45, 2.75) is 13.5 Å². The Balaban J connectivity index is 2.24. The van der Waals surface area contributed by atoms with Gasteiger partial charge in [0.05, 0.1) is 10.7 Å². The van der Waals surface area contributed by atoms with Crippen molar-refractivity contribution >= 4 is 11.6 Å². The normalized spacial score (nSPS) is 10.4. The van der Waals surface area contributed by atoms with Crippen LogP contribution in [-0.2, 0) is 6.54 Å². The summed E-state index contributed by atoms with van der Waals surface area (Å²) >= 11 is 6.04. The Kier molecular flexibility index (Phi) is 4.12. The predicted molar refractivity (Wildman–Crippen MR) is 71.1 cm³/mol. The fraction of sp³-hybridized carbons (Fsp3) is 0.231. The Morgan fingerprint density at radius 2 is 2.22 bits per heavy atom. The lowest BCUT2D eigenvalue weighted by Crippen LogP contribution is -2.06. The van der Waals surface area contributed by atoms with Crippen LogP contribution < -0.4 is 10.1 Å². The van der Waals surface area contributed by atoms with Crippen molar-refractivity contribution in [3.05, 3.63) is 46.9 Å². The van der Waals surface area contributed by atoms with Gasteiger partial charge in [-0.1, -0.05) is 11.6 Å². The number of rotatable bonds is 4. The summed E-state index contributed by atoms with van der Waals surface area (Å²) in [5, 5.41) is 3.67. The highest BCUT2D eigenvalue weighted by molar-refractivity contribution is 6.31. The molecule has 94 valence electrons. The van der Waals surface area contributed by atoms with E-state index < -0.39 is 0 Å². The number of nitrogens with zero attached hydrogens (tertiary/aromatic N) is 2. The van der Waals surface area contributed by atoms with Crippen LogP contribution in [0.4, 0.5) is 0 Å². The molecule has 0 bridgehead atoms. The quantitative estimate of drug-likeness (QED) is 0.921. The van der Waals surface area contributed by atoms with Crippen LogP contribution in [0.2, 0.25) is 5.02 Å². The highest BCUT2D eigenvalue weighted by Crippen LogP contribution is 2.25. The standard InChI is InChI=1S/C13H14ClN3O/c1-9-12(4-3-5-16-9)18-13-6-10(7-15-2)11(14)8-17-13/h3-6,8,15H,7H2,1-2H3. The monoisotopic (exact) mass is 263 g/mol. The summed E-state index contributed by atoms with van der Waals surface area (Å²) in [7, 11) is 1.86. The van der Waals surface area contributed by atoms with Gasteiger partial charge >= 0.3 is 0 Å². The van der Waals surface area contributed by atoms with E-state index in [1.165, 1.54) is 0 Å². The van der Waals surface area contributed by atoms with Crippen LogP contribution >= 0.6 is 11.6 Å². The molecule has 2 aromatic rings. The molecular formula is C13H14ClN3O. The van der Waals surface area contributed by atoms with Crippen molar-refractivity contribution in [1.29, 1.82) is 0 Å². The highest BCUT2D eigenvalue weighted by atomic mass is 35.5. The van der Waals surface area contributed by atoms with E-state index in [2.05, 4.69) is 15.3 Å². The molecule has 2 aromatic heterocycles. The molecule has 0 saturated heterocycles. The molecule has 0 amide bonds. The molecule has 2 rings (SSSR count). The zero-order chi connectivity index (χ0) is 13.0. The summed E-state index contributed by atoms with van der Waals surface area (Å²) in [6, 6.07) is 5.51. The molecule has 0 spiro atoms. The zero-order valence-electron chi connectivity index (χ0n) is 10.3. The lowest BCUT2D eigenvalue weighted by atomic mass is 10.2. The van der Waals surface area contributed by atoms with Crippen LogP contribution in [0.5, 0.6) is 11.6 Å². The van der Waals surface area contributed by atoms with E-state index in [-0.39, 0.29) is 0 Å². The number of hydrogen-bond acceptors (Lipinski definition) is 4. The van der Waals surface area contributed by atoms with Gasteiger partial charge in [0.25, 0.3) is 0 Å². The highest BCUT2D eigenvalue weighted by Gasteiger charge is 2.06. The molecule has 0 aliphatic carbocycles. The minimum atomic E-state index is 0.515. The molecule has 1 N–H and O–H groups in total. The first-order valence-electron chi connectivity index (χ1n) is 5.59. The number of pyridine rings is 2. The number of aryl methyl sites for hydroxylation is 1. The maximum atomic E-state index is 6.04. The molecule has 4 nitrogen and oxygen atoms in total. The third kappa shape index (κ3) is 2.97. The second kappa shape index (κ2) is 5.80. The van der Waals surface area contributed by atoms with E-state index in [0.29, 0.717) is 23.2 Å². The average molecular weight is 264 g/mol. The molecule has 18 heavy (non-hydrogen) atoms. The van der Waals surface area contributed by atoms with Gasteiger partial charge in [0.1, 0.15) is 0 Å². The van der Waals surface area contributed by atoms with Crippen LogP contribution in [0, 0.1) is 6.92 Å². The van der Waals surface area contributed by atoms with Crippen molar-refractivity contribution in [1.82, 2.24) is 15.3 Å². The smallest absolute Gasteiger partial charge is 0.219 e.